The van der Waals surface area contributed by atoms with Gasteiger partial charge in [-0.05, 0) is 12.1 Å². The van der Waals surface area contributed by atoms with E-state index in [2.05, 4.69) is 25.3 Å². The largest absolute Gasteiger partial charge is 0.573 e. The highest BCUT2D eigenvalue weighted by Crippen LogP contribution is 2.25. The Labute approximate surface area is 130 Å². The molecule has 23 heavy (non-hydrogen) atoms. The molecule has 1 aliphatic rings. The number of nitrogens with one attached hydrogen (secondary N) is 1. The van der Waals surface area contributed by atoms with E-state index in [9.17, 15) is 13.2 Å². The summed E-state index contributed by atoms with van der Waals surface area (Å²) in [7, 11) is 0. The smallest absolute Gasteiger partial charge is 0.406 e. The molecule has 3 rings (SSSR count). The predicted octanol–water partition coefficient (Wildman–Crippen LogP) is 1.57. The number of aromatic nitrogens is 3. The van der Waals surface area contributed by atoms with E-state index >= 15 is 0 Å². The van der Waals surface area contributed by atoms with Crippen molar-refractivity contribution >= 4 is 0 Å². The summed E-state index contributed by atoms with van der Waals surface area (Å²) in [6.45, 7) is 4.27. The van der Waals surface area contributed by atoms with Gasteiger partial charge in [-0.1, -0.05) is 11.3 Å². The molecule has 0 aliphatic carbocycles. The zero-order valence-electron chi connectivity index (χ0n) is 12.3. The highest BCUT2D eigenvalue weighted by molar-refractivity contribution is 5.39. The number of hydrogen-bond acceptors (Lipinski definition) is 5. The van der Waals surface area contributed by atoms with Gasteiger partial charge in [-0.15, -0.1) is 18.3 Å². The number of piperazine rings is 1. The van der Waals surface area contributed by atoms with Gasteiger partial charge in [-0.2, -0.15) is 0 Å². The summed E-state index contributed by atoms with van der Waals surface area (Å²) in [5.74, 6) is -0.279. The number of benzene rings is 1. The van der Waals surface area contributed by atoms with Crippen LogP contribution in [0.3, 0.4) is 0 Å². The van der Waals surface area contributed by atoms with Crippen molar-refractivity contribution in [3.63, 3.8) is 0 Å². The fourth-order valence-electron chi connectivity index (χ4n) is 2.49. The first-order chi connectivity index (χ1) is 11.0. The van der Waals surface area contributed by atoms with Crippen LogP contribution in [0, 0.1) is 0 Å². The zero-order chi connectivity index (χ0) is 16.3. The first-order valence-electron chi connectivity index (χ1n) is 7.20. The van der Waals surface area contributed by atoms with Crippen LogP contribution in [-0.4, -0.2) is 52.4 Å². The molecule has 9 heteroatoms. The third kappa shape index (κ3) is 4.20. The van der Waals surface area contributed by atoms with Crippen molar-refractivity contribution in [2.75, 3.05) is 26.2 Å². The van der Waals surface area contributed by atoms with Gasteiger partial charge in [0.25, 0.3) is 0 Å². The van der Waals surface area contributed by atoms with E-state index in [0.29, 0.717) is 12.2 Å². The van der Waals surface area contributed by atoms with Crippen LogP contribution >= 0.6 is 0 Å². The molecule has 2 aromatic rings. The van der Waals surface area contributed by atoms with Gasteiger partial charge < -0.3 is 10.1 Å². The number of halogens is 3. The molecule has 124 valence electrons. The van der Waals surface area contributed by atoms with Crippen LogP contribution in [0.15, 0.2) is 30.5 Å². The minimum atomic E-state index is -4.72. The van der Waals surface area contributed by atoms with Crippen LogP contribution in [0.1, 0.15) is 5.69 Å². The molecule has 0 atom stereocenters. The summed E-state index contributed by atoms with van der Waals surface area (Å²) >= 11 is 0. The molecular formula is C14H16F3N5O. The molecule has 1 aromatic heterocycles. The lowest BCUT2D eigenvalue weighted by molar-refractivity contribution is -0.274. The highest BCUT2D eigenvalue weighted by Gasteiger charge is 2.31. The molecule has 0 radical (unpaired) electrons. The lowest BCUT2D eigenvalue weighted by Crippen LogP contribution is -2.43. The van der Waals surface area contributed by atoms with Crippen LogP contribution < -0.4 is 10.1 Å². The number of hydrogen-bond donors (Lipinski definition) is 1. The molecular weight excluding hydrogens is 311 g/mol. The Morgan fingerprint density at radius 2 is 2.00 bits per heavy atom. The number of nitrogens with zero attached hydrogens (tertiary/aromatic N) is 4. The van der Waals surface area contributed by atoms with E-state index < -0.39 is 6.36 Å². The SMILES string of the molecule is FC(F)(F)Oc1cccc(-n2nncc2CN2CCNCC2)c1. The van der Waals surface area contributed by atoms with Crippen LogP contribution in [0.25, 0.3) is 5.69 Å². The molecule has 0 saturated carbocycles. The van der Waals surface area contributed by atoms with Crippen molar-refractivity contribution in [3.05, 3.63) is 36.2 Å². The molecule has 1 aliphatic heterocycles. The zero-order valence-corrected chi connectivity index (χ0v) is 12.3. The monoisotopic (exact) mass is 327 g/mol. The summed E-state index contributed by atoms with van der Waals surface area (Å²) in [4.78, 5) is 2.24. The minimum Gasteiger partial charge on any atom is -0.406 e. The van der Waals surface area contributed by atoms with E-state index in [1.54, 1.807) is 12.3 Å². The molecule has 1 saturated heterocycles. The molecule has 1 N–H and O–H groups in total. The highest BCUT2D eigenvalue weighted by atomic mass is 19.4. The Morgan fingerprint density at radius 3 is 2.74 bits per heavy atom. The average Bonchev–Trinajstić information content (AvgIpc) is 2.95. The van der Waals surface area contributed by atoms with Crippen LogP contribution in [-0.2, 0) is 6.54 Å². The lowest BCUT2D eigenvalue weighted by Gasteiger charge is -2.26. The normalized spacial score (nSPS) is 16.5. The summed E-state index contributed by atoms with van der Waals surface area (Å²) in [6.07, 6.45) is -3.09. The third-order valence-corrected chi connectivity index (χ3v) is 3.51. The number of ether oxygens (including phenoxy) is 1. The predicted molar refractivity (Wildman–Crippen MR) is 76.2 cm³/mol. The topological polar surface area (TPSA) is 55.2 Å². The average molecular weight is 327 g/mol. The van der Waals surface area contributed by atoms with Gasteiger partial charge in [0, 0.05) is 38.8 Å². The van der Waals surface area contributed by atoms with E-state index in [0.717, 1.165) is 31.9 Å². The van der Waals surface area contributed by atoms with Crippen molar-refractivity contribution in [3.8, 4) is 11.4 Å². The molecule has 2 heterocycles. The molecule has 6 nitrogen and oxygen atoms in total. The van der Waals surface area contributed by atoms with Gasteiger partial charge in [-0.25, -0.2) is 4.68 Å². The first-order valence-corrected chi connectivity index (χ1v) is 7.20. The standard InChI is InChI=1S/C14H16F3N5O/c15-14(16,17)23-13-3-1-2-11(8-13)22-12(9-19-20-22)10-21-6-4-18-5-7-21/h1-3,8-9,18H,4-7,10H2. The maximum absolute atomic E-state index is 12.3. The fraction of sp³-hybridized carbons (Fsp3) is 0.429. The van der Waals surface area contributed by atoms with E-state index in [-0.39, 0.29) is 5.75 Å². The summed E-state index contributed by atoms with van der Waals surface area (Å²) in [6, 6.07) is 5.71. The van der Waals surface area contributed by atoms with Crippen molar-refractivity contribution in [1.29, 1.82) is 0 Å². The van der Waals surface area contributed by atoms with Gasteiger partial charge >= 0.3 is 6.36 Å². The Bertz CT molecular complexity index is 652. The summed E-state index contributed by atoms with van der Waals surface area (Å²) in [5, 5.41) is 11.1. The van der Waals surface area contributed by atoms with Crippen molar-refractivity contribution in [2.45, 2.75) is 12.9 Å². The van der Waals surface area contributed by atoms with Gasteiger partial charge in [0.05, 0.1) is 17.6 Å². The maximum atomic E-state index is 12.3. The fourth-order valence-corrected chi connectivity index (χ4v) is 2.49. The second kappa shape index (κ2) is 6.55. The Kier molecular flexibility index (Phi) is 4.49. The summed E-state index contributed by atoms with van der Waals surface area (Å²) < 4.78 is 42.5. The van der Waals surface area contributed by atoms with Gasteiger partial charge in [0.1, 0.15) is 5.75 Å². The Morgan fingerprint density at radius 1 is 1.22 bits per heavy atom. The third-order valence-electron chi connectivity index (χ3n) is 3.51. The number of rotatable bonds is 4. The number of alkyl halides is 3. The van der Waals surface area contributed by atoms with E-state index in [1.165, 1.54) is 22.9 Å². The van der Waals surface area contributed by atoms with Crippen molar-refractivity contribution in [1.82, 2.24) is 25.2 Å². The Hall–Kier alpha value is -2.13. The van der Waals surface area contributed by atoms with E-state index in [1.807, 2.05) is 0 Å². The van der Waals surface area contributed by atoms with Gasteiger partial charge in [0.2, 0.25) is 0 Å². The molecule has 1 fully saturated rings. The van der Waals surface area contributed by atoms with Crippen molar-refractivity contribution in [2.24, 2.45) is 0 Å². The Balaban J connectivity index is 1.79. The van der Waals surface area contributed by atoms with Crippen LogP contribution in [0.5, 0.6) is 5.75 Å². The van der Waals surface area contributed by atoms with Crippen LogP contribution in [0.2, 0.25) is 0 Å². The maximum Gasteiger partial charge on any atom is 0.573 e. The summed E-state index contributed by atoms with van der Waals surface area (Å²) in [5.41, 5.74) is 1.30. The molecule has 0 bridgehead atoms. The molecule has 0 unspecified atom stereocenters. The van der Waals surface area contributed by atoms with Gasteiger partial charge in [-0.3, -0.25) is 4.90 Å². The second-order valence-electron chi connectivity index (χ2n) is 5.21. The quantitative estimate of drug-likeness (QED) is 0.924. The second-order valence-corrected chi connectivity index (χ2v) is 5.21. The molecule has 0 spiro atoms. The van der Waals surface area contributed by atoms with E-state index in [4.69, 9.17) is 0 Å². The molecule has 0 amide bonds. The molecule has 1 aromatic carbocycles. The van der Waals surface area contributed by atoms with Crippen molar-refractivity contribution < 1.29 is 17.9 Å². The minimum absolute atomic E-state index is 0.279. The van der Waals surface area contributed by atoms with Gasteiger partial charge in [0.15, 0.2) is 0 Å². The lowest BCUT2D eigenvalue weighted by atomic mass is 10.3. The first kappa shape index (κ1) is 15.8. The van der Waals surface area contributed by atoms with Crippen LogP contribution in [0.4, 0.5) is 13.2 Å².